The maximum atomic E-state index is 12.8. The third kappa shape index (κ3) is 9.24. The van der Waals surface area contributed by atoms with Gasteiger partial charge in [0.1, 0.15) is 5.82 Å². The second-order valence-corrected chi connectivity index (χ2v) is 10.9. The Kier molecular flexibility index (Phi) is 11.0. The zero-order chi connectivity index (χ0) is 29.0. The van der Waals surface area contributed by atoms with E-state index in [9.17, 15) is 19.5 Å². The number of pyridine rings is 1. The number of halogens is 1. The van der Waals surface area contributed by atoms with Crippen molar-refractivity contribution in [1.82, 2.24) is 4.98 Å². The summed E-state index contributed by atoms with van der Waals surface area (Å²) in [5.41, 5.74) is 4.98. The fourth-order valence-corrected chi connectivity index (χ4v) is 4.97. The van der Waals surface area contributed by atoms with Gasteiger partial charge >= 0.3 is 12.0 Å². The Morgan fingerprint density at radius 2 is 1.49 bits per heavy atom. The number of carboxylic acids is 1. The molecule has 3 N–H and O–H groups in total. The number of hydrogen-bond acceptors (Lipinski definition) is 4. The van der Waals surface area contributed by atoms with Crippen molar-refractivity contribution in [1.29, 1.82) is 0 Å². The second kappa shape index (κ2) is 15.1. The highest BCUT2D eigenvalue weighted by Gasteiger charge is 2.22. The number of alkyl halides is 1. The second-order valence-electron chi connectivity index (χ2n) is 9.78. The number of carboxylic acid groups (broad SMARTS) is 1. The van der Waals surface area contributed by atoms with E-state index in [0.29, 0.717) is 23.5 Å². The maximum Gasteiger partial charge on any atom is 0.324 e. The number of aromatic nitrogens is 1. The Hall–Kier alpha value is -4.05. The van der Waals surface area contributed by atoms with Gasteiger partial charge in [0.05, 0.1) is 5.92 Å². The summed E-state index contributed by atoms with van der Waals surface area (Å²) in [4.78, 5) is 41.3. The molecule has 0 aliphatic carbocycles. The molecule has 0 radical (unpaired) electrons. The molecule has 1 heterocycles. The molecule has 0 aliphatic rings. The lowest BCUT2D eigenvalue weighted by atomic mass is 9.92. The molecule has 8 heteroatoms. The maximum absolute atomic E-state index is 12.8. The van der Waals surface area contributed by atoms with Crippen molar-refractivity contribution in [2.75, 3.05) is 15.1 Å². The van der Waals surface area contributed by atoms with E-state index in [2.05, 4.69) is 38.2 Å². The number of rotatable bonds is 13. The van der Waals surface area contributed by atoms with Crippen molar-refractivity contribution in [3.8, 4) is 11.1 Å². The number of amides is 2. The first kappa shape index (κ1) is 29.9. The summed E-state index contributed by atoms with van der Waals surface area (Å²) in [5, 5.41) is 15.2. The summed E-state index contributed by atoms with van der Waals surface area (Å²) in [6.07, 6.45) is 5.26. The van der Waals surface area contributed by atoms with Crippen LogP contribution in [0.3, 0.4) is 0 Å². The summed E-state index contributed by atoms with van der Waals surface area (Å²) >= 11 is 2.39. The van der Waals surface area contributed by atoms with Gasteiger partial charge in [-0.3, -0.25) is 14.9 Å². The van der Waals surface area contributed by atoms with E-state index in [4.69, 9.17) is 0 Å². The average molecular weight is 662 g/mol. The van der Waals surface area contributed by atoms with E-state index in [1.807, 2.05) is 72.8 Å². The number of carbonyl (C=O) groups excluding carboxylic acids is 2. The minimum atomic E-state index is -0.984. The van der Waals surface area contributed by atoms with Gasteiger partial charge in [-0.1, -0.05) is 89.3 Å². The Bertz CT molecular complexity index is 1440. The molecule has 1 aromatic heterocycles. The summed E-state index contributed by atoms with van der Waals surface area (Å²) in [5.74, 6) is -1.58. The average Bonchev–Trinajstić information content (AvgIpc) is 2.99. The van der Waals surface area contributed by atoms with Gasteiger partial charge in [-0.25, -0.2) is 9.78 Å². The highest BCUT2D eigenvalue weighted by Crippen LogP contribution is 2.22. The van der Waals surface area contributed by atoms with Gasteiger partial charge in [-0.2, -0.15) is 0 Å². The Morgan fingerprint density at radius 3 is 2.12 bits per heavy atom. The number of benzene rings is 3. The van der Waals surface area contributed by atoms with Crippen LogP contribution in [0, 0.1) is 5.92 Å². The van der Waals surface area contributed by atoms with Crippen LogP contribution in [0.2, 0.25) is 0 Å². The van der Waals surface area contributed by atoms with Crippen molar-refractivity contribution < 1.29 is 19.5 Å². The van der Waals surface area contributed by atoms with E-state index in [1.54, 1.807) is 24.4 Å². The summed E-state index contributed by atoms with van der Waals surface area (Å²) in [6, 6.07) is 27.4. The molecule has 4 rings (SSSR count). The number of Topliss-reactive ketones (excluding diaryl/α,β-unsaturated/α-hetero) is 1. The number of urea groups is 1. The molecule has 3 aromatic carbocycles. The van der Waals surface area contributed by atoms with Crippen LogP contribution >= 0.6 is 22.6 Å². The van der Waals surface area contributed by atoms with Gasteiger partial charge in [0.25, 0.3) is 0 Å². The standard InChI is InChI=1S/C33H32IN3O4/c34-19-5-4-6-23-9-16-29(17-10-23)36-33(41)37-31-18-15-27(22-35-31)25-11-13-26(14-12-25)30(38)21-28(32(39)40)20-24-7-2-1-3-8-24/h1-3,7-18,22,28H,4-6,19-21H2,(H,39,40)(H2,35,36,37,41). The van der Waals surface area contributed by atoms with Crippen LogP contribution in [0.15, 0.2) is 97.2 Å². The number of hydrogen-bond donors (Lipinski definition) is 3. The number of unbranched alkanes of at least 4 members (excludes halogenated alkanes) is 1. The Morgan fingerprint density at radius 1 is 0.780 bits per heavy atom. The zero-order valence-corrected chi connectivity index (χ0v) is 24.7. The fraction of sp³-hybridized carbons (Fsp3) is 0.212. The van der Waals surface area contributed by atoms with Crippen LogP contribution in [-0.4, -0.2) is 32.3 Å². The fourth-order valence-electron chi connectivity index (χ4n) is 4.43. The lowest BCUT2D eigenvalue weighted by Gasteiger charge is -2.12. The topological polar surface area (TPSA) is 108 Å². The Labute approximate surface area is 253 Å². The monoisotopic (exact) mass is 661 g/mol. The van der Waals surface area contributed by atoms with Crippen LogP contribution in [-0.2, 0) is 17.6 Å². The summed E-state index contributed by atoms with van der Waals surface area (Å²) < 4.78 is 1.16. The molecular weight excluding hydrogens is 629 g/mol. The normalized spacial score (nSPS) is 11.4. The van der Waals surface area contributed by atoms with Crippen molar-refractivity contribution in [3.63, 3.8) is 0 Å². The van der Waals surface area contributed by atoms with E-state index < -0.39 is 11.9 Å². The lowest BCUT2D eigenvalue weighted by molar-refractivity contribution is -0.141. The van der Waals surface area contributed by atoms with Gasteiger partial charge in [0.15, 0.2) is 5.78 Å². The smallest absolute Gasteiger partial charge is 0.324 e. The quantitative estimate of drug-likeness (QED) is 0.0590. The molecule has 210 valence electrons. The number of carbonyl (C=O) groups is 3. The molecule has 0 bridgehead atoms. The minimum Gasteiger partial charge on any atom is -0.481 e. The molecule has 2 amide bonds. The van der Waals surface area contributed by atoms with Crippen LogP contribution in [0.5, 0.6) is 0 Å². The lowest BCUT2D eigenvalue weighted by Crippen LogP contribution is -2.20. The Balaban J connectivity index is 1.30. The van der Waals surface area contributed by atoms with Gasteiger partial charge in [-0.15, -0.1) is 0 Å². The molecule has 0 aliphatic heterocycles. The highest BCUT2D eigenvalue weighted by molar-refractivity contribution is 14.1. The highest BCUT2D eigenvalue weighted by atomic mass is 127. The van der Waals surface area contributed by atoms with Crippen LogP contribution in [0.4, 0.5) is 16.3 Å². The van der Waals surface area contributed by atoms with Gasteiger partial charge < -0.3 is 10.4 Å². The first-order valence-electron chi connectivity index (χ1n) is 13.5. The van der Waals surface area contributed by atoms with Crippen LogP contribution in [0.1, 0.15) is 40.7 Å². The molecular formula is C33H32IN3O4. The van der Waals surface area contributed by atoms with Crippen molar-refractivity contribution in [2.24, 2.45) is 5.92 Å². The van der Waals surface area contributed by atoms with Crippen LogP contribution in [0.25, 0.3) is 11.1 Å². The number of aliphatic carboxylic acids is 1. The number of anilines is 2. The number of nitrogens with zero attached hydrogens (tertiary/aromatic N) is 1. The largest absolute Gasteiger partial charge is 0.481 e. The van der Waals surface area contributed by atoms with Gasteiger partial charge in [-0.05, 0) is 71.1 Å². The van der Waals surface area contributed by atoms with E-state index in [1.165, 1.54) is 12.0 Å². The van der Waals surface area contributed by atoms with Crippen molar-refractivity contribution >= 4 is 51.9 Å². The van der Waals surface area contributed by atoms with E-state index >= 15 is 0 Å². The molecule has 41 heavy (non-hydrogen) atoms. The third-order valence-corrected chi connectivity index (χ3v) is 7.47. The number of nitrogens with one attached hydrogen (secondary N) is 2. The van der Waals surface area contributed by atoms with Gasteiger partial charge in [0.2, 0.25) is 0 Å². The third-order valence-electron chi connectivity index (χ3n) is 6.71. The predicted molar refractivity (Wildman–Crippen MR) is 171 cm³/mol. The molecule has 1 unspecified atom stereocenters. The molecule has 1 atom stereocenters. The first-order valence-corrected chi connectivity index (χ1v) is 15.0. The molecule has 0 saturated carbocycles. The molecule has 0 fully saturated rings. The zero-order valence-electron chi connectivity index (χ0n) is 22.6. The van der Waals surface area contributed by atoms with Crippen molar-refractivity contribution in [3.05, 3.63) is 114 Å². The summed E-state index contributed by atoms with van der Waals surface area (Å²) in [7, 11) is 0. The molecule has 4 aromatic rings. The predicted octanol–water partition coefficient (Wildman–Crippen LogP) is 7.67. The summed E-state index contributed by atoms with van der Waals surface area (Å²) in [6.45, 7) is 0. The first-order chi connectivity index (χ1) is 19.9. The van der Waals surface area contributed by atoms with E-state index in [0.717, 1.165) is 34.0 Å². The minimum absolute atomic E-state index is 0.0730. The SMILES string of the molecule is O=C(Nc1ccc(CCCCI)cc1)Nc1ccc(-c2ccc(C(=O)CC(Cc3ccccc3)C(=O)O)cc2)cn1. The molecule has 7 nitrogen and oxygen atoms in total. The van der Waals surface area contributed by atoms with E-state index in [-0.39, 0.29) is 18.2 Å². The van der Waals surface area contributed by atoms with Gasteiger partial charge in [0, 0.05) is 29.4 Å². The van der Waals surface area contributed by atoms with Crippen molar-refractivity contribution in [2.45, 2.75) is 32.1 Å². The molecule has 0 saturated heterocycles. The number of aryl methyl sites for hydroxylation is 1. The van der Waals surface area contributed by atoms with Crippen LogP contribution < -0.4 is 10.6 Å². The number of ketones is 1. The molecule has 0 spiro atoms.